The highest BCUT2D eigenvalue weighted by molar-refractivity contribution is 5.74. The number of hydrogen-bond donors (Lipinski definition) is 1. The zero-order valence-corrected chi connectivity index (χ0v) is 13.6. The lowest BCUT2D eigenvalue weighted by atomic mass is 9.87. The van der Waals surface area contributed by atoms with Gasteiger partial charge in [-0.3, -0.25) is 0 Å². The molecule has 1 atom stereocenters. The van der Waals surface area contributed by atoms with E-state index in [-0.39, 0.29) is 18.0 Å². The molecule has 0 unspecified atom stereocenters. The second kappa shape index (κ2) is 6.27. The molecule has 0 aromatic heterocycles. The maximum absolute atomic E-state index is 12.7. The summed E-state index contributed by atoms with van der Waals surface area (Å²) < 4.78 is 43.5. The zero-order valence-electron chi connectivity index (χ0n) is 13.6. The van der Waals surface area contributed by atoms with Crippen molar-refractivity contribution in [3.8, 4) is 0 Å². The van der Waals surface area contributed by atoms with Crippen molar-refractivity contribution in [1.29, 1.82) is 0 Å². The van der Waals surface area contributed by atoms with Crippen LogP contribution in [0.1, 0.15) is 29.5 Å². The molecule has 3 rings (SSSR count). The molecule has 132 valence electrons. The molecule has 0 aliphatic carbocycles. The summed E-state index contributed by atoms with van der Waals surface area (Å²) in [5, 5.41) is 2.81. The Morgan fingerprint density at radius 2 is 2.17 bits per heavy atom. The number of amides is 2. The average molecular weight is 342 g/mol. The lowest BCUT2D eigenvalue weighted by Crippen LogP contribution is -2.39. The molecule has 24 heavy (non-hydrogen) atoms. The Kier molecular flexibility index (Phi) is 4.46. The van der Waals surface area contributed by atoms with Crippen molar-refractivity contribution in [3.05, 3.63) is 34.9 Å². The first-order valence-corrected chi connectivity index (χ1v) is 8.06. The number of urea groups is 1. The van der Waals surface area contributed by atoms with Gasteiger partial charge in [-0.05, 0) is 43.0 Å². The lowest BCUT2D eigenvalue weighted by molar-refractivity contribution is -0.137. The van der Waals surface area contributed by atoms with Gasteiger partial charge < -0.3 is 15.0 Å². The van der Waals surface area contributed by atoms with E-state index in [1.807, 2.05) is 0 Å². The number of rotatable bonds is 2. The predicted octanol–water partition coefficient (Wildman–Crippen LogP) is 3.34. The molecule has 4 nitrogen and oxygen atoms in total. The summed E-state index contributed by atoms with van der Waals surface area (Å²) in [6.45, 7) is 4.68. The van der Waals surface area contributed by atoms with Gasteiger partial charge in [-0.25, -0.2) is 4.79 Å². The number of carbonyl (C=O) groups is 1. The van der Waals surface area contributed by atoms with Gasteiger partial charge in [0.15, 0.2) is 0 Å². The maximum Gasteiger partial charge on any atom is 0.416 e. The van der Waals surface area contributed by atoms with E-state index in [0.29, 0.717) is 30.8 Å². The molecule has 1 spiro atoms. The summed E-state index contributed by atoms with van der Waals surface area (Å²) in [4.78, 5) is 14.1. The van der Waals surface area contributed by atoms with Crippen LogP contribution < -0.4 is 5.32 Å². The average Bonchev–Trinajstić information content (AvgIpc) is 3.15. The number of alkyl halides is 3. The first kappa shape index (κ1) is 17.1. The molecule has 2 aliphatic rings. The molecular formula is C17H21F3N2O2. The largest absolute Gasteiger partial charge is 0.416 e. The van der Waals surface area contributed by atoms with Crippen molar-refractivity contribution in [2.45, 2.75) is 32.5 Å². The van der Waals surface area contributed by atoms with Crippen LogP contribution in [0.4, 0.5) is 18.0 Å². The van der Waals surface area contributed by atoms with Gasteiger partial charge >= 0.3 is 12.2 Å². The molecule has 1 aromatic rings. The van der Waals surface area contributed by atoms with E-state index in [1.54, 1.807) is 11.8 Å². The van der Waals surface area contributed by atoms with Gasteiger partial charge in [0.1, 0.15) is 0 Å². The van der Waals surface area contributed by atoms with Gasteiger partial charge in [0.25, 0.3) is 0 Å². The van der Waals surface area contributed by atoms with Crippen molar-refractivity contribution in [3.63, 3.8) is 0 Å². The number of nitrogens with one attached hydrogen (secondary N) is 1. The van der Waals surface area contributed by atoms with Crippen molar-refractivity contribution in [1.82, 2.24) is 10.2 Å². The molecule has 1 aromatic carbocycles. The summed E-state index contributed by atoms with van der Waals surface area (Å²) in [5.74, 6) is 0. The predicted molar refractivity (Wildman–Crippen MR) is 82.5 cm³/mol. The van der Waals surface area contributed by atoms with Gasteiger partial charge in [0.2, 0.25) is 0 Å². The van der Waals surface area contributed by atoms with Gasteiger partial charge in [-0.2, -0.15) is 13.2 Å². The number of carbonyl (C=O) groups excluding carboxylic acids is 1. The number of nitrogens with zero attached hydrogens (tertiary/aromatic N) is 1. The maximum atomic E-state index is 12.7. The Hall–Kier alpha value is -1.76. The first-order chi connectivity index (χ1) is 11.3. The monoisotopic (exact) mass is 342 g/mol. The summed E-state index contributed by atoms with van der Waals surface area (Å²) in [7, 11) is 0. The van der Waals surface area contributed by atoms with Gasteiger partial charge in [0.05, 0.1) is 12.2 Å². The highest BCUT2D eigenvalue weighted by Gasteiger charge is 2.42. The minimum Gasteiger partial charge on any atom is -0.381 e. The van der Waals surface area contributed by atoms with E-state index in [9.17, 15) is 18.0 Å². The SMILES string of the molecule is Cc1cc(C(F)(F)F)ccc1CNC(=O)N1CC[C@]2(CCOC2)C1. The fourth-order valence-electron chi connectivity index (χ4n) is 3.43. The summed E-state index contributed by atoms with van der Waals surface area (Å²) in [6, 6.07) is 3.42. The number of ether oxygens (including phenoxy) is 1. The van der Waals surface area contributed by atoms with Crippen LogP contribution in [-0.2, 0) is 17.5 Å². The molecule has 1 N–H and O–H groups in total. The summed E-state index contributed by atoms with van der Waals surface area (Å²) in [5.41, 5.74) is 0.640. The standard InChI is InChI=1S/C17H21F3N2O2/c1-12-8-14(17(18,19)20)3-2-13(12)9-21-15(23)22-6-4-16(10-22)5-7-24-11-16/h2-3,8H,4-7,9-11H2,1H3,(H,21,23)/t16-/m0/s1. The Labute approximate surface area is 139 Å². The number of halogens is 3. The molecule has 0 saturated carbocycles. The Morgan fingerprint density at radius 3 is 2.79 bits per heavy atom. The van der Waals surface area contributed by atoms with Crippen LogP contribution in [0, 0.1) is 12.3 Å². The fourth-order valence-corrected chi connectivity index (χ4v) is 3.43. The Balaban J connectivity index is 1.57. The van der Waals surface area contributed by atoms with E-state index >= 15 is 0 Å². The van der Waals surface area contributed by atoms with Crippen LogP contribution in [0.25, 0.3) is 0 Å². The topological polar surface area (TPSA) is 41.6 Å². The summed E-state index contributed by atoms with van der Waals surface area (Å²) >= 11 is 0. The smallest absolute Gasteiger partial charge is 0.381 e. The van der Waals surface area contributed by atoms with E-state index in [0.717, 1.165) is 31.6 Å². The second-order valence-electron chi connectivity index (χ2n) is 6.77. The molecule has 7 heteroatoms. The Bertz CT molecular complexity index is 625. The van der Waals surface area contributed by atoms with Crippen LogP contribution in [0.2, 0.25) is 0 Å². The molecule has 2 amide bonds. The fraction of sp³-hybridized carbons (Fsp3) is 0.588. The van der Waals surface area contributed by atoms with Crippen molar-refractivity contribution in [2.75, 3.05) is 26.3 Å². The van der Waals surface area contributed by atoms with Crippen molar-refractivity contribution in [2.24, 2.45) is 5.41 Å². The van der Waals surface area contributed by atoms with Gasteiger partial charge in [0, 0.05) is 31.7 Å². The minimum absolute atomic E-state index is 0.0988. The van der Waals surface area contributed by atoms with E-state index in [4.69, 9.17) is 4.74 Å². The van der Waals surface area contributed by atoms with Gasteiger partial charge in [-0.15, -0.1) is 0 Å². The van der Waals surface area contributed by atoms with Crippen LogP contribution in [0.15, 0.2) is 18.2 Å². The zero-order chi connectivity index (χ0) is 17.4. The highest BCUT2D eigenvalue weighted by atomic mass is 19.4. The normalized spacial score (nSPS) is 23.9. The third-order valence-electron chi connectivity index (χ3n) is 5.01. The second-order valence-corrected chi connectivity index (χ2v) is 6.77. The number of hydrogen-bond acceptors (Lipinski definition) is 2. The third-order valence-corrected chi connectivity index (χ3v) is 5.01. The van der Waals surface area contributed by atoms with Crippen molar-refractivity contribution < 1.29 is 22.7 Å². The minimum atomic E-state index is -4.35. The van der Waals surface area contributed by atoms with Gasteiger partial charge in [-0.1, -0.05) is 6.07 Å². The Morgan fingerprint density at radius 1 is 1.38 bits per heavy atom. The number of benzene rings is 1. The molecule has 2 saturated heterocycles. The molecule has 2 aliphatic heterocycles. The van der Waals surface area contributed by atoms with E-state index in [2.05, 4.69) is 5.32 Å². The quantitative estimate of drug-likeness (QED) is 0.896. The third kappa shape index (κ3) is 3.50. The molecule has 0 bridgehead atoms. The summed E-state index contributed by atoms with van der Waals surface area (Å²) in [6.07, 6.45) is -2.42. The van der Waals surface area contributed by atoms with Crippen LogP contribution in [0.5, 0.6) is 0 Å². The van der Waals surface area contributed by atoms with E-state index in [1.165, 1.54) is 6.07 Å². The van der Waals surface area contributed by atoms with Crippen LogP contribution in [0.3, 0.4) is 0 Å². The molecule has 0 radical (unpaired) electrons. The van der Waals surface area contributed by atoms with E-state index < -0.39 is 11.7 Å². The van der Waals surface area contributed by atoms with Crippen molar-refractivity contribution >= 4 is 6.03 Å². The van der Waals surface area contributed by atoms with Crippen LogP contribution in [-0.4, -0.2) is 37.2 Å². The molecule has 2 heterocycles. The van der Waals surface area contributed by atoms with Crippen LogP contribution >= 0.6 is 0 Å². The lowest BCUT2D eigenvalue weighted by Gasteiger charge is -2.22. The molecular weight excluding hydrogens is 321 g/mol. The number of likely N-dealkylation sites (tertiary alicyclic amines) is 1. The number of aryl methyl sites for hydroxylation is 1. The first-order valence-electron chi connectivity index (χ1n) is 8.06. The molecule has 2 fully saturated rings. The highest BCUT2D eigenvalue weighted by Crippen LogP contribution is 2.38.